The monoisotopic (exact) mass is 210 g/mol. The molecule has 0 saturated heterocycles. The molecule has 0 amide bonds. The molecule has 15 heavy (non-hydrogen) atoms. The number of hydrogen-bond acceptors (Lipinski definition) is 2. The van der Waals surface area contributed by atoms with E-state index in [1.165, 1.54) is 0 Å². The summed E-state index contributed by atoms with van der Waals surface area (Å²) in [6.07, 6.45) is 4.80. The van der Waals surface area contributed by atoms with Crippen molar-refractivity contribution in [1.82, 2.24) is 0 Å². The van der Waals surface area contributed by atoms with Crippen molar-refractivity contribution in [2.75, 3.05) is 0 Å². The van der Waals surface area contributed by atoms with Crippen LogP contribution in [0.25, 0.3) is 0 Å². The van der Waals surface area contributed by atoms with Crippen LogP contribution in [0.1, 0.15) is 45.4 Å². The van der Waals surface area contributed by atoms with Gasteiger partial charge in [0.15, 0.2) is 0 Å². The van der Waals surface area contributed by atoms with Crippen LogP contribution in [0.2, 0.25) is 0 Å². The lowest BCUT2D eigenvalue weighted by atomic mass is 9.65. The molecular weight excluding hydrogens is 192 g/mol. The van der Waals surface area contributed by atoms with E-state index in [0.29, 0.717) is 31.0 Å². The average molecular weight is 210 g/mol. The maximum Gasteiger partial charge on any atom is 0.306 e. The van der Waals surface area contributed by atoms with Crippen LogP contribution in [0.3, 0.4) is 0 Å². The molecule has 0 aromatic heterocycles. The van der Waals surface area contributed by atoms with E-state index in [1.807, 2.05) is 0 Å². The number of ketones is 1. The maximum atomic E-state index is 12.0. The summed E-state index contributed by atoms with van der Waals surface area (Å²) in [5, 5.41) is 8.99. The third-order valence-corrected chi connectivity index (χ3v) is 4.44. The van der Waals surface area contributed by atoms with Crippen LogP contribution in [0.4, 0.5) is 0 Å². The van der Waals surface area contributed by atoms with Gasteiger partial charge in [-0.15, -0.1) is 0 Å². The molecule has 3 nitrogen and oxygen atoms in total. The zero-order valence-corrected chi connectivity index (χ0v) is 9.16. The fraction of sp³-hybridized carbons (Fsp3) is 0.833. The second-order valence-electron chi connectivity index (χ2n) is 5.15. The molecule has 2 aliphatic rings. The lowest BCUT2D eigenvalue weighted by molar-refractivity contribution is -0.142. The maximum absolute atomic E-state index is 12.0. The highest BCUT2D eigenvalue weighted by Crippen LogP contribution is 2.52. The number of carbonyl (C=O) groups excluding carboxylic acids is 1. The third-order valence-electron chi connectivity index (χ3n) is 4.44. The molecular formula is C12H18O3. The Morgan fingerprint density at radius 3 is 2.73 bits per heavy atom. The van der Waals surface area contributed by atoms with E-state index >= 15 is 0 Å². The van der Waals surface area contributed by atoms with Gasteiger partial charge >= 0.3 is 5.97 Å². The first kappa shape index (κ1) is 10.7. The van der Waals surface area contributed by atoms with E-state index in [9.17, 15) is 9.59 Å². The second kappa shape index (κ2) is 3.62. The smallest absolute Gasteiger partial charge is 0.306 e. The number of Topliss-reactive ketones (excluding diaryl/α,β-unsaturated/α-hetero) is 1. The molecule has 2 saturated carbocycles. The van der Waals surface area contributed by atoms with Crippen molar-refractivity contribution < 1.29 is 14.7 Å². The molecule has 2 rings (SSSR count). The zero-order valence-electron chi connectivity index (χ0n) is 9.16. The van der Waals surface area contributed by atoms with Gasteiger partial charge in [-0.2, -0.15) is 0 Å². The summed E-state index contributed by atoms with van der Waals surface area (Å²) in [4.78, 5) is 22.9. The van der Waals surface area contributed by atoms with E-state index in [-0.39, 0.29) is 11.3 Å². The molecule has 0 aromatic rings. The van der Waals surface area contributed by atoms with Crippen LogP contribution in [-0.2, 0) is 9.59 Å². The van der Waals surface area contributed by atoms with Crippen LogP contribution in [0.15, 0.2) is 0 Å². The van der Waals surface area contributed by atoms with Gasteiger partial charge in [-0.3, -0.25) is 9.59 Å². The molecule has 3 heteroatoms. The van der Waals surface area contributed by atoms with Crippen molar-refractivity contribution in [1.29, 1.82) is 0 Å². The summed E-state index contributed by atoms with van der Waals surface area (Å²) in [5.74, 6) is -0.306. The van der Waals surface area contributed by atoms with Gasteiger partial charge < -0.3 is 5.11 Å². The highest BCUT2D eigenvalue weighted by atomic mass is 16.4. The van der Waals surface area contributed by atoms with Gasteiger partial charge in [0.25, 0.3) is 0 Å². The van der Waals surface area contributed by atoms with E-state index in [2.05, 4.69) is 6.92 Å². The van der Waals surface area contributed by atoms with Gasteiger partial charge in [0, 0.05) is 11.8 Å². The predicted octanol–water partition coefficient (Wildman–Crippen LogP) is 2.25. The molecule has 0 aliphatic heterocycles. The Balaban J connectivity index is 2.19. The van der Waals surface area contributed by atoms with Crippen molar-refractivity contribution in [2.24, 2.45) is 17.3 Å². The number of carbonyl (C=O) groups is 2. The minimum absolute atomic E-state index is 0.276. The van der Waals surface area contributed by atoms with Crippen molar-refractivity contribution in [3.05, 3.63) is 0 Å². The second-order valence-corrected chi connectivity index (χ2v) is 5.15. The van der Waals surface area contributed by atoms with Crippen molar-refractivity contribution in [3.63, 3.8) is 0 Å². The van der Waals surface area contributed by atoms with Crippen LogP contribution in [0, 0.1) is 17.3 Å². The van der Waals surface area contributed by atoms with E-state index < -0.39 is 5.97 Å². The quantitative estimate of drug-likeness (QED) is 0.722. The standard InChI is InChI=1S/C12H18O3/c1-8-3-2-4-10(13)12(8)6-5-9(7-12)11(14)15/h8-9H,2-7H2,1H3,(H,14,15)/t8?,9-,12-/m1/s1. The highest BCUT2D eigenvalue weighted by molar-refractivity contribution is 5.87. The first-order valence-corrected chi connectivity index (χ1v) is 5.82. The van der Waals surface area contributed by atoms with Gasteiger partial charge in [-0.1, -0.05) is 6.92 Å². The molecule has 0 heterocycles. The Kier molecular flexibility index (Phi) is 2.57. The molecule has 2 fully saturated rings. The molecule has 0 radical (unpaired) electrons. The molecule has 1 spiro atoms. The molecule has 1 unspecified atom stereocenters. The fourth-order valence-electron chi connectivity index (χ4n) is 3.36. The highest BCUT2D eigenvalue weighted by Gasteiger charge is 2.51. The van der Waals surface area contributed by atoms with Crippen molar-refractivity contribution in [2.45, 2.75) is 45.4 Å². The van der Waals surface area contributed by atoms with Gasteiger partial charge in [0.2, 0.25) is 0 Å². The number of carboxylic acids is 1. The van der Waals surface area contributed by atoms with E-state index in [0.717, 1.165) is 19.3 Å². The summed E-state index contributed by atoms with van der Waals surface area (Å²) < 4.78 is 0. The lowest BCUT2D eigenvalue weighted by Crippen LogP contribution is -2.39. The zero-order chi connectivity index (χ0) is 11.1. The third kappa shape index (κ3) is 1.58. The van der Waals surface area contributed by atoms with Crippen molar-refractivity contribution in [3.8, 4) is 0 Å². The topological polar surface area (TPSA) is 54.4 Å². The SMILES string of the molecule is CC1CCCC(=O)[C@@]12CC[C@@H](C(=O)O)C2. The Morgan fingerprint density at radius 2 is 2.20 bits per heavy atom. The minimum Gasteiger partial charge on any atom is -0.481 e. The summed E-state index contributed by atoms with van der Waals surface area (Å²) in [6.45, 7) is 2.11. The summed E-state index contributed by atoms with van der Waals surface area (Å²) >= 11 is 0. The number of aliphatic carboxylic acids is 1. The minimum atomic E-state index is -0.725. The summed E-state index contributed by atoms with van der Waals surface area (Å²) in [6, 6.07) is 0. The average Bonchev–Trinajstić information content (AvgIpc) is 2.61. The van der Waals surface area contributed by atoms with Crippen molar-refractivity contribution >= 4 is 11.8 Å². The van der Waals surface area contributed by atoms with Crippen LogP contribution in [-0.4, -0.2) is 16.9 Å². The number of carboxylic acid groups (broad SMARTS) is 1. The van der Waals surface area contributed by atoms with Gasteiger partial charge in [0.05, 0.1) is 5.92 Å². The van der Waals surface area contributed by atoms with Gasteiger partial charge in [-0.25, -0.2) is 0 Å². The fourth-order valence-corrected chi connectivity index (χ4v) is 3.36. The van der Waals surface area contributed by atoms with Crippen LogP contribution >= 0.6 is 0 Å². The summed E-state index contributed by atoms with van der Waals surface area (Å²) in [7, 11) is 0. The Morgan fingerprint density at radius 1 is 1.47 bits per heavy atom. The first-order chi connectivity index (χ1) is 7.06. The lowest BCUT2D eigenvalue weighted by Gasteiger charge is -2.38. The molecule has 0 bridgehead atoms. The number of hydrogen-bond donors (Lipinski definition) is 1. The summed E-state index contributed by atoms with van der Waals surface area (Å²) in [5.41, 5.74) is -0.276. The number of rotatable bonds is 1. The van der Waals surface area contributed by atoms with E-state index in [1.54, 1.807) is 0 Å². The first-order valence-electron chi connectivity index (χ1n) is 5.82. The molecule has 2 aliphatic carbocycles. The van der Waals surface area contributed by atoms with Gasteiger partial charge in [-0.05, 0) is 38.0 Å². The Hall–Kier alpha value is -0.860. The predicted molar refractivity (Wildman–Crippen MR) is 55.4 cm³/mol. The van der Waals surface area contributed by atoms with Crippen LogP contribution < -0.4 is 0 Å². The molecule has 3 atom stereocenters. The molecule has 0 aromatic carbocycles. The van der Waals surface area contributed by atoms with Gasteiger partial charge in [0.1, 0.15) is 5.78 Å². The Labute approximate surface area is 89.9 Å². The molecule has 1 N–H and O–H groups in total. The molecule has 84 valence electrons. The normalized spacial score (nSPS) is 41.0. The Bertz CT molecular complexity index is 297. The van der Waals surface area contributed by atoms with Crippen LogP contribution in [0.5, 0.6) is 0 Å². The van der Waals surface area contributed by atoms with E-state index in [4.69, 9.17) is 5.11 Å². The largest absolute Gasteiger partial charge is 0.481 e.